The highest BCUT2D eigenvalue weighted by atomic mass is 19.2. The fraction of sp³-hybridized carbons (Fsp3) is 0.0526. The van der Waals surface area contributed by atoms with E-state index in [0.717, 1.165) is 23.3 Å². The topological polar surface area (TPSA) is 53.6 Å². The van der Waals surface area contributed by atoms with Crippen LogP contribution in [0.15, 0.2) is 48.8 Å². The number of anilines is 1. The molecule has 2 aromatic heterocycles. The Balaban J connectivity index is 1.88. The van der Waals surface area contributed by atoms with Crippen LogP contribution in [0.1, 0.15) is 17.2 Å². The van der Waals surface area contributed by atoms with E-state index in [0.29, 0.717) is 22.3 Å². The average molecular weight is 352 g/mol. The Kier molecular flexibility index (Phi) is 3.06. The molecule has 7 heteroatoms. The van der Waals surface area contributed by atoms with Crippen LogP contribution in [-0.2, 0) is 0 Å². The monoisotopic (exact) mass is 352 g/mol. The van der Waals surface area contributed by atoms with Crippen LogP contribution in [0.3, 0.4) is 0 Å². The average Bonchev–Trinajstić information content (AvgIpc) is 3.02. The van der Waals surface area contributed by atoms with Crippen LogP contribution in [0.5, 0.6) is 0 Å². The van der Waals surface area contributed by atoms with Gasteiger partial charge in [-0.3, -0.25) is 0 Å². The number of aromatic nitrogens is 3. The summed E-state index contributed by atoms with van der Waals surface area (Å²) in [6, 6.07) is 8.16. The zero-order valence-electron chi connectivity index (χ0n) is 13.2. The Labute approximate surface area is 145 Å². The number of aromatic amines is 1. The molecular formula is C19H11F3N4. The van der Waals surface area contributed by atoms with Crippen LogP contribution in [0.2, 0.25) is 0 Å². The van der Waals surface area contributed by atoms with Crippen LogP contribution < -0.4 is 5.32 Å². The van der Waals surface area contributed by atoms with E-state index in [1.165, 1.54) is 0 Å². The Morgan fingerprint density at radius 3 is 2.62 bits per heavy atom. The quantitative estimate of drug-likeness (QED) is 0.494. The zero-order chi connectivity index (χ0) is 17.8. The lowest BCUT2D eigenvalue weighted by Crippen LogP contribution is -2.16. The van der Waals surface area contributed by atoms with E-state index in [1.54, 1.807) is 18.5 Å². The van der Waals surface area contributed by atoms with Crippen molar-refractivity contribution in [2.75, 3.05) is 5.32 Å². The number of hydrogen-bond donors (Lipinski definition) is 2. The van der Waals surface area contributed by atoms with Crippen molar-refractivity contribution in [3.8, 4) is 11.1 Å². The number of para-hydroxylation sites is 1. The summed E-state index contributed by atoms with van der Waals surface area (Å²) in [6.07, 6.45) is 3.23. The van der Waals surface area contributed by atoms with Gasteiger partial charge in [0.05, 0.1) is 17.8 Å². The first kappa shape index (κ1) is 14.9. The predicted octanol–water partition coefficient (Wildman–Crippen LogP) is 4.56. The summed E-state index contributed by atoms with van der Waals surface area (Å²) in [6.45, 7) is 0. The van der Waals surface area contributed by atoms with Gasteiger partial charge in [0.2, 0.25) is 0 Å². The summed E-state index contributed by atoms with van der Waals surface area (Å²) in [4.78, 5) is 2.98. The molecule has 4 nitrogen and oxygen atoms in total. The summed E-state index contributed by atoms with van der Waals surface area (Å²) < 4.78 is 42.9. The SMILES string of the molecule is Fc1ccc(F)c(C2Nc3ccccc3-c3cnnc4[nH]cc2c34)c1F. The maximum atomic E-state index is 14.5. The molecule has 2 N–H and O–H groups in total. The van der Waals surface area contributed by atoms with Crippen LogP contribution in [0.25, 0.3) is 22.2 Å². The molecular weight excluding hydrogens is 341 g/mol. The Bertz CT molecular complexity index is 1170. The molecule has 0 spiro atoms. The fourth-order valence-corrected chi connectivity index (χ4v) is 3.54. The smallest absolute Gasteiger partial charge is 0.167 e. The van der Waals surface area contributed by atoms with Crippen molar-refractivity contribution in [1.29, 1.82) is 0 Å². The molecule has 1 aliphatic heterocycles. The highest BCUT2D eigenvalue weighted by molar-refractivity contribution is 6.00. The largest absolute Gasteiger partial charge is 0.373 e. The molecule has 0 saturated heterocycles. The molecule has 1 atom stereocenters. The molecule has 1 aliphatic rings. The number of fused-ring (bicyclic) bond motifs is 2. The second-order valence-corrected chi connectivity index (χ2v) is 6.11. The van der Waals surface area contributed by atoms with Crippen molar-refractivity contribution < 1.29 is 13.2 Å². The van der Waals surface area contributed by atoms with Crippen LogP contribution in [0.4, 0.5) is 18.9 Å². The minimum absolute atomic E-state index is 0.370. The summed E-state index contributed by atoms with van der Waals surface area (Å²) in [7, 11) is 0. The third-order valence-electron chi connectivity index (χ3n) is 4.70. The summed E-state index contributed by atoms with van der Waals surface area (Å²) in [5, 5.41) is 11.9. The van der Waals surface area contributed by atoms with Crippen LogP contribution in [-0.4, -0.2) is 15.2 Å². The van der Waals surface area contributed by atoms with Gasteiger partial charge in [0.25, 0.3) is 0 Å². The van der Waals surface area contributed by atoms with Crippen molar-refractivity contribution in [2.24, 2.45) is 0 Å². The Morgan fingerprint density at radius 1 is 0.923 bits per heavy atom. The summed E-state index contributed by atoms with van der Waals surface area (Å²) in [5.41, 5.74) is 2.99. The minimum Gasteiger partial charge on any atom is -0.373 e. The van der Waals surface area contributed by atoms with Crippen molar-refractivity contribution >= 4 is 16.7 Å². The lowest BCUT2D eigenvalue weighted by molar-refractivity contribution is 0.476. The van der Waals surface area contributed by atoms with Crippen molar-refractivity contribution in [3.05, 3.63) is 77.4 Å². The Hall–Kier alpha value is -3.35. The van der Waals surface area contributed by atoms with Gasteiger partial charge in [0, 0.05) is 34.0 Å². The van der Waals surface area contributed by atoms with Gasteiger partial charge in [-0.05, 0) is 18.2 Å². The molecule has 0 bridgehead atoms. The van der Waals surface area contributed by atoms with Gasteiger partial charge in [-0.15, -0.1) is 5.10 Å². The van der Waals surface area contributed by atoms with E-state index in [2.05, 4.69) is 20.5 Å². The molecule has 0 aliphatic carbocycles. The van der Waals surface area contributed by atoms with E-state index in [-0.39, 0.29) is 5.56 Å². The van der Waals surface area contributed by atoms with Gasteiger partial charge in [-0.25, -0.2) is 13.2 Å². The first-order chi connectivity index (χ1) is 12.6. The standard InChI is InChI=1S/C19H11F3N4/c20-12-5-6-13(21)17(22)16(12)18-11-7-23-19-15(11)10(8-24-26-19)9-3-1-2-4-14(9)25-18/h1-8,18,25H,(H,23,26). The van der Waals surface area contributed by atoms with Gasteiger partial charge >= 0.3 is 0 Å². The number of H-pyrrole nitrogens is 1. The molecule has 0 fully saturated rings. The fourth-order valence-electron chi connectivity index (χ4n) is 3.54. The highest BCUT2D eigenvalue weighted by Crippen LogP contribution is 2.44. The van der Waals surface area contributed by atoms with Gasteiger partial charge < -0.3 is 10.3 Å². The molecule has 0 radical (unpaired) electrons. The summed E-state index contributed by atoms with van der Waals surface area (Å²) in [5.74, 6) is -3.13. The van der Waals surface area contributed by atoms with Crippen molar-refractivity contribution in [2.45, 2.75) is 6.04 Å². The molecule has 4 aromatic rings. The molecule has 5 rings (SSSR count). The van der Waals surface area contributed by atoms with Crippen molar-refractivity contribution in [3.63, 3.8) is 0 Å². The first-order valence-corrected chi connectivity index (χ1v) is 7.97. The predicted molar refractivity (Wildman–Crippen MR) is 91.1 cm³/mol. The van der Waals surface area contributed by atoms with Crippen LogP contribution in [0, 0.1) is 17.5 Å². The number of hydrogen-bond acceptors (Lipinski definition) is 3. The zero-order valence-corrected chi connectivity index (χ0v) is 13.2. The van der Waals surface area contributed by atoms with E-state index in [1.807, 2.05) is 18.2 Å². The van der Waals surface area contributed by atoms with Gasteiger partial charge in [0.1, 0.15) is 5.82 Å². The van der Waals surface area contributed by atoms with E-state index in [9.17, 15) is 13.2 Å². The van der Waals surface area contributed by atoms with Gasteiger partial charge in [0.15, 0.2) is 17.3 Å². The number of rotatable bonds is 1. The molecule has 26 heavy (non-hydrogen) atoms. The molecule has 0 amide bonds. The lowest BCUT2D eigenvalue weighted by Gasteiger charge is -2.20. The van der Waals surface area contributed by atoms with Gasteiger partial charge in [-0.1, -0.05) is 18.2 Å². The maximum Gasteiger partial charge on any atom is 0.167 e. The third kappa shape index (κ3) is 1.97. The lowest BCUT2D eigenvalue weighted by atomic mass is 9.96. The van der Waals surface area contributed by atoms with Crippen molar-refractivity contribution in [1.82, 2.24) is 15.2 Å². The van der Waals surface area contributed by atoms with E-state index in [4.69, 9.17) is 0 Å². The number of nitrogens with one attached hydrogen (secondary N) is 2. The number of halogens is 3. The number of benzene rings is 2. The molecule has 3 heterocycles. The minimum atomic E-state index is -1.21. The molecule has 128 valence electrons. The second kappa shape index (κ2) is 5.32. The highest BCUT2D eigenvalue weighted by Gasteiger charge is 2.31. The Morgan fingerprint density at radius 2 is 1.73 bits per heavy atom. The molecule has 1 unspecified atom stereocenters. The normalized spacial score (nSPS) is 15.4. The maximum absolute atomic E-state index is 14.5. The molecule has 2 aromatic carbocycles. The van der Waals surface area contributed by atoms with Crippen LogP contribution >= 0.6 is 0 Å². The van der Waals surface area contributed by atoms with Gasteiger partial charge in [-0.2, -0.15) is 5.10 Å². The third-order valence-corrected chi connectivity index (χ3v) is 4.70. The molecule has 0 saturated carbocycles. The van der Waals surface area contributed by atoms with E-state index >= 15 is 0 Å². The number of nitrogens with zero attached hydrogens (tertiary/aromatic N) is 2. The summed E-state index contributed by atoms with van der Waals surface area (Å²) >= 11 is 0. The first-order valence-electron chi connectivity index (χ1n) is 7.97. The second-order valence-electron chi connectivity index (χ2n) is 6.11. The van der Waals surface area contributed by atoms with E-state index < -0.39 is 23.5 Å².